The summed E-state index contributed by atoms with van der Waals surface area (Å²) in [5.74, 6) is -0.127. The van der Waals surface area contributed by atoms with Crippen molar-refractivity contribution in [1.82, 2.24) is 5.32 Å². The Hall–Kier alpha value is -2.47. The van der Waals surface area contributed by atoms with E-state index in [1.165, 1.54) is 19.3 Å². The molecule has 1 N–H and O–H groups in total. The summed E-state index contributed by atoms with van der Waals surface area (Å²) in [4.78, 5) is 25.0. The molecule has 1 fully saturated rings. The van der Waals surface area contributed by atoms with Gasteiger partial charge in [-0.05, 0) is 49.9 Å². The van der Waals surface area contributed by atoms with E-state index in [2.05, 4.69) is 5.32 Å². The minimum atomic E-state index is -3.17. The third kappa shape index (κ3) is 6.50. The normalized spacial score (nSPS) is 15.1. The number of Topliss-reactive ketones (excluding diaryl/α,β-unsaturated/α-hetero) is 1. The van der Waals surface area contributed by atoms with Crippen LogP contribution in [0.15, 0.2) is 48.5 Å². The van der Waals surface area contributed by atoms with Crippen LogP contribution in [-0.4, -0.2) is 31.4 Å². The zero-order valence-corrected chi connectivity index (χ0v) is 19.1. The Morgan fingerprint density at radius 2 is 1.42 bits per heavy atom. The number of hydrogen-bond donors (Lipinski definition) is 1. The highest BCUT2D eigenvalue weighted by molar-refractivity contribution is 7.91. The van der Waals surface area contributed by atoms with Gasteiger partial charge in [-0.2, -0.15) is 0 Å². The minimum absolute atomic E-state index is 0.0243. The van der Waals surface area contributed by atoms with Crippen LogP contribution in [0.25, 0.3) is 0 Å². The predicted molar refractivity (Wildman–Crippen MR) is 123 cm³/mol. The standard InChI is InChI=1S/C25H31NO4S/c1-18(2)31(29,30)17-20-10-12-21(13-11-20)24(27)16-19-8-14-22(15-9-19)25(28)26-23-6-4-3-5-7-23/h8-15,18,23H,3-7,16-17H2,1-2H3,(H,26,28). The van der Waals surface area contributed by atoms with Crippen LogP contribution >= 0.6 is 0 Å². The molecule has 5 nitrogen and oxygen atoms in total. The van der Waals surface area contributed by atoms with Gasteiger partial charge in [0.15, 0.2) is 15.6 Å². The van der Waals surface area contributed by atoms with Crippen LogP contribution < -0.4 is 5.32 Å². The van der Waals surface area contributed by atoms with Gasteiger partial charge < -0.3 is 5.32 Å². The highest BCUT2D eigenvalue weighted by Gasteiger charge is 2.18. The van der Waals surface area contributed by atoms with Gasteiger partial charge in [-0.25, -0.2) is 8.42 Å². The Labute approximate surface area is 185 Å². The van der Waals surface area contributed by atoms with Crippen LogP contribution in [0.2, 0.25) is 0 Å². The molecule has 1 saturated carbocycles. The number of ketones is 1. The van der Waals surface area contributed by atoms with Gasteiger partial charge in [-0.1, -0.05) is 55.7 Å². The lowest BCUT2D eigenvalue weighted by molar-refractivity contribution is 0.0927. The van der Waals surface area contributed by atoms with Crippen molar-refractivity contribution in [2.45, 2.75) is 69.4 Å². The first-order valence-corrected chi connectivity index (χ1v) is 12.7. The maximum Gasteiger partial charge on any atom is 0.251 e. The number of carbonyl (C=O) groups is 2. The second-order valence-electron chi connectivity index (χ2n) is 8.66. The molecule has 0 heterocycles. The van der Waals surface area contributed by atoms with E-state index in [9.17, 15) is 18.0 Å². The number of carbonyl (C=O) groups excluding carboxylic acids is 2. The van der Waals surface area contributed by atoms with Gasteiger partial charge >= 0.3 is 0 Å². The molecule has 2 aromatic rings. The summed E-state index contributed by atoms with van der Waals surface area (Å²) in [5.41, 5.74) is 2.67. The maximum atomic E-state index is 12.6. The van der Waals surface area contributed by atoms with E-state index in [-0.39, 0.29) is 29.9 Å². The summed E-state index contributed by atoms with van der Waals surface area (Å²) in [7, 11) is -3.17. The smallest absolute Gasteiger partial charge is 0.251 e. The Kier molecular flexibility index (Phi) is 7.65. The molecular weight excluding hydrogens is 410 g/mol. The molecule has 0 unspecified atom stereocenters. The number of benzene rings is 2. The molecule has 6 heteroatoms. The van der Waals surface area contributed by atoms with E-state index in [0.29, 0.717) is 16.7 Å². The summed E-state index contributed by atoms with van der Waals surface area (Å²) >= 11 is 0. The number of hydrogen-bond acceptors (Lipinski definition) is 4. The fraction of sp³-hybridized carbons (Fsp3) is 0.440. The molecule has 0 spiro atoms. The molecule has 0 saturated heterocycles. The van der Waals surface area contributed by atoms with Crippen LogP contribution in [0.3, 0.4) is 0 Å². The van der Waals surface area contributed by atoms with Gasteiger partial charge in [-0.15, -0.1) is 0 Å². The molecule has 0 atom stereocenters. The van der Waals surface area contributed by atoms with Crippen molar-refractivity contribution in [3.63, 3.8) is 0 Å². The number of sulfone groups is 1. The topological polar surface area (TPSA) is 80.3 Å². The number of amides is 1. The molecular formula is C25H31NO4S. The first-order valence-electron chi connectivity index (χ1n) is 11.0. The molecule has 0 aliphatic heterocycles. The molecule has 0 bridgehead atoms. The van der Waals surface area contributed by atoms with Crippen LogP contribution in [0, 0.1) is 0 Å². The van der Waals surface area contributed by atoms with Crippen molar-refractivity contribution in [2.24, 2.45) is 0 Å². The first kappa shape index (κ1) is 23.2. The zero-order valence-electron chi connectivity index (χ0n) is 18.3. The molecule has 166 valence electrons. The van der Waals surface area contributed by atoms with Crippen molar-refractivity contribution in [2.75, 3.05) is 0 Å². The van der Waals surface area contributed by atoms with E-state index >= 15 is 0 Å². The predicted octanol–water partition coefficient (Wildman–Crippen LogP) is 4.50. The van der Waals surface area contributed by atoms with Crippen LogP contribution in [0.4, 0.5) is 0 Å². The van der Waals surface area contributed by atoms with Crippen molar-refractivity contribution in [3.8, 4) is 0 Å². The Bertz CT molecular complexity index is 1000. The molecule has 3 rings (SSSR count). The minimum Gasteiger partial charge on any atom is -0.349 e. The average Bonchev–Trinajstić information content (AvgIpc) is 2.75. The van der Waals surface area contributed by atoms with Crippen LogP contribution in [0.1, 0.15) is 77.8 Å². The quantitative estimate of drug-likeness (QED) is 0.612. The molecule has 31 heavy (non-hydrogen) atoms. The van der Waals surface area contributed by atoms with Gasteiger partial charge in [-0.3, -0.25) is 9.59 Å². The van der Waals surface area contributed by atoms with Crippen molar-refractivity contribution < 1.29 is 18.0 Å². The highest BCUT2D eigenvalue weighted by atomic mass is 32.2. The summed E-state index contributed by atoms with van der Waals surface area (Å²) in [5, 5.41) is 2.67. The lowest BCUT2D eigenvalue weighted by atomic mass is 9.95. The lowest BCUT2D eigenvalue weighted by Gasteiger charge is -2.22. The van der Waals surface area contributed by atoms with E-state index in [0.717, 1.165) is 18.4 Å². The summed E-state index contributed by atoms with van der Waals surface area (Å²) < 4.78 is 24.1. The van der Waals surface area contributed by atoms with Crippen molar-refractivity contribution in [1.29, 1.82) is 0 Å². The highest BCUT2D eigenvalue weighted by Crippen LogP contribution is 2.18. The van der Waals surface area contributed by atoms with E-state index in [1.807, 2.05) is 12.1 Å². The van der Waals surface area contributed by atoms with Crippen LogP contribution in [-0.2, 0) is 22.0 Å². The third-order valence-electron chi connectivity index (χ3n) is 5.88. The largest absolute Gasteiger partial charge is 0.349 e. The van der Waals surface area contributed by atoms with Gasteiger partial charge in [0.2, 0.25) is 0 Å². The summed E-state index contributed by atoms with van der Waals surface area (Å²) in [6.07, 6.45) is 5.89. The van der Waals surface area contributed by atoms with Crippen LogP contribution in [0.5, 0.6) is 0 Å². The zero-order chi connectivity index (χ0) is 22.4. The Balaban J connectivity index is 1.57. The fourth-order valence-electron chi connectivity index (χ4n) is 3.76. The second kappa shape index (κ2) is 10.2. The SMILES string of the molecule is CC(C)S(=O)(=O)Cc1ccc(C(=O)Cc2ccc(C(=O)NC3CCCCC3)cc2)cc1. The third-order valence-corrected chi connectivity index (χ3v) is 8.06. The second-order valence-corrected chi connectivity index (χ2v) is 11.2. The first-order chi connectivity index (χ1) is 14.7. The van der Waals surface area contributed by atoms with Gasteiger partial charge in [0.1, 0.15) is 0 Å². The molecule has 0 radical (unpaired) electrons. The van der Waals surface area contributed by atoms with Gasteiger partial charge in [0, 0.05) is 23.6 Å². The monoisotopic (exact) mass is 441 g/mol. The molecule has 1 aliphatic rings. The molecule has 2 aromatic carbocycles. The van der Waals surface area contributed by atoms with E-state index in [1.54, 1.807) is 50.2 Å². The Morgan fingerprint density at radius 1 is 0.871 bits per heavy atom. The average molecular weight is 442 g/mol. The summed E-state index contributed by atoms with van der Waals surface area (Å²) in [6, 6.07) is 14.2. The van der Waals surface area contributed by atoms with Gasteiger partial charge in [0.25, 0.3) is 5.91 Å². The van der Waals surface area contributed by atoms with E-state index in [4.69, 9.17) is 0 Å². The van der Waals surface area contributed by atoms with Crippen molar-refractivity contribution >= 4 is 21.5 Å². The van der Waals surface area contributed by atoms with Crippen molar-refractivity contribution in [3.05, 3.63) is 70.8 Å². The fourth-order valence-corrected chi connectivity index (χ4v) is 4.75. The maximum absolute atomic E-state index is 12.6. The van der Waals surface area contributed by atoms with E-state index < -0.39 is 15.1 Å². The molecule has 1 amide bonds. The Morgan fingerprint density at radius 3 is 2.00 bits per heavy atom. The van der Waals surface area contributed by atoms with Gasteiger partial charge in [0.05, 0.1) is 11.0 Å². The molecule has 0 aromatic heterocycles. The molecule has 1 aliphatic carbocycles. The number of nitrogens with one attached hydrogen (secondary N) is 1. The summed E-state index contributed by atoms with van der Waals surface area (Å²) in [6.45, 7) is 3.33. The lowest BCUT2D eigenvalue weighted by Crippen LogP contribution is -2.36. The number of rotatable bonds is 8.